The van der Waals surface area contributed by atoms with Crippen molar-refractivity contribution < 1.29 is 24.1 Å². The molecule has 42 heavy (non-hydrogen) atoms. The zero-order chi connectivity index (χ0) is 29.4. The van der Waals surface area contributed by atoms with Crippen molar-refractivity contribution in [2.45, 2.75) is 24.5 Å². The zero-order valence-electron chi connectivity index (χ0n) is 23.0. The van der Waals surface area contributed by atoms with Crippen LogP contribution in [0.2, 0.25) is 10.0 Å². The van der Waals surface area contributed by atoms with Gasteiger partial charge in [0.2, 0.25) is 5.90 Å². The summed E-state index contributed by atoms with van der Waals surface area (Å²) in [7, 11) is 0. The van der Waals surface area contributed by atoms with Gasteiger partial charge in [-0.2, -0.15) is 0 Å². The van der Waals surface area contributed by atoms with Gasteiger partial charge in [-0.25, -0.2) is 10.0 Å². The normalized spacial score (nSPS) is 20.7. The van der Waals surface area contributed by atoms with E-state index in [1.54, 1.807) is 18.2 Å². The minimum absolute atomic E-state index is 0.0602. The maximum atomic E-state index is 14.3. The van der Waals surface area contributed by atoms with Gasteiger partial charge < -0.3 is 19.3 Å². The van der Waals surface area contributed by atoms with Crippen molar-refractivity contribution in [3.63, 3.8) is 0 Å². The van der Waals surface area contributed by atoms with Gasteiger partial charge in [-0.1, -0.05) is 71.8 Å². The monoisotopic (exact) mass is 609 g/mol. The Labute approximate surface area is 255 Å². The summed E-state index contributed by atoms with van der Waals surface area (Å²) < 4.78 is 17.7. The van der Waals surface area contributed by atoms with Crippen LogP contribution in [0, 0.1) is 0 Å². The number of aliphatic hydroxyl groups is 1. The number of morpholine rings is 1. The summed E-state index contributed by atoms with van der Waals surface area (Å²) in [6, 6.07) is 22.3. The van der Waals surface area contributed by atoms with Gasteiger partial charge in [-0.05, 0) is 42.0 Å². The molecule has 0 aliphatic carbocycles. The van der Waals surface area contributed by atoms with Crippen LogP contribution >= 0.6 is 23.2 Å². The zero-order valence-corrected chi connectivity index (χ0v) is 24.6. The summed E-state index contributed by atoms with van der Waals surface area (Å²) in [6.07, 6.45) is 3.86. The predicted octanol–water partition coefficient (Wildman–Crippen LogP) is 5.48. The molecule has 1 fully saturated rings. The van der Waals surface area contributed by atoms with Crippen LogP contribution in [0.25, 0.3) is 6.08 Å². The highest BCUT2D eigenvalue weighted by Crippen LogP contribution is 2.45. The Morgan fingerprint density at radius 3 is 2.57 bits per heavy atom. The lowest BCUT2D eigenvalue weighted by atomic mass is 9.84. The van der Waals surface area contributed by atoms with E-state index < -0.39 is 11.6 Å². The molecule has 3 aromatic carbocycles. The van der Waals surface area contributed by atoms with Crippen molar-refractivity contribution in [1.82, 2.24) is 10.4 Å². The first-order chi connectivity index (χ1) is 20.5. The Kier molecular flexibility index (Phi) is 10.2. The Morgan fingerprint density at radius 2 is 1.86 bits per heavy atom. The van der Waals surface area contributed by atoms with Crippen LogP contribution in [0.15, 0.2) is 83.9 Å². The molecular weight excluding hydrogens is 577 g/mol. The van der Waals surface area contributed by atoms with Crippen molar-refractivity contribution in [3.05, 3.63) is 106 Å². The molecule has 0 spiro atoms. The third-order valence-corrected chi connectivity index (χ3v) is 7.65. The van der Waals surface area contributed by atoms with Crippen LogP contribution < -0.4 is 10.2 Å². The SMILES string of the molecule is O=C(NN1CCOCC1)[C@@]1(C/C=C/c2ccccc2)N=C(c2ccc(OCCCO)cc2)O[C@H]1c1ccc(Cl)cc1Cl. The van der Waals surface area contributed by atoms with Crippen molar-refractivity contribution >= 4 is 41.1 Å². The molecular formula is C32H33Cl2N3O5. The Hall–Kier alpha value is -3.40. The molecule has 2 heterocycles. The number of hydrazine groups is 1. The average Bonchev–Trinajstić information content (AvgIpc) is 3.39. The molecule has 3 aromatic rings. The number of aliphatic imine (C=N–C) groups is 1. The molecule has 0 unspecified atom stereocenters. The molecule has 5 rings (SSSR count). The van der Waals surface area contributed by atoms with E-state index in [-0.39, 0.29) is 18.9 Å². The van der Waals surface area contributed by atoms with Gasteiger partial charge in [-0.3, -0.25) is 10.2 Å². The van der Waals surface area contributed by atoms with Crippen LogP contribution in [-0.4, -0.2) is 67.0 Å². The number of hydrogen-bond donors (Lipinski definition) is 2. The van der Waals surface area contributed by atoms with E-state index in [1.807, 2.05) is 71.8 Å². The summed E-state index contributed by atoms with van der Waals surface area (Å²) in [5.41, 5.74) is 3.99. The summed E-state index contributed by atoms with van der Waals surface area (Å²) >= 11 is 12.9. The molecule has 220 valence electrons. The third kappa shape index (κ3) is 7.14. The summed E-state index contributed by atoms with van der Waals surface area (Å²) in [6.45, 7) is 2.62. The van der Waals surface area contributed by atoms with Crippen molar-refractivity contribution in [2.24, 2.45) is 4.99 Å². The van der Waals surface area contributed by atoms with Crippen LogP contribution in [0.1, 0.15) is 35.6 Å². The summed E-state index contributed by atoms with van der Waals surface area (Å²) in [4.78, 5) is 19.3. The predicted molar refractivity (Wildman–Crippen MR) is 164 cm³/mol. The topological polar surface area (TPSA) is 92.6 Å². The molecule has 2 N–H and O–H groups in total. The van der Waals surface area contributed by atoms with Gasteiger partial charge in [0.25, 0.3) is 5.91 Å². The first kappa shape index (κ1) is 30.1. The number of carbonyl (C=O) groups excluding carboxylic acids is 1. The lowest BCUT2D eigenvalue weighted by Gasteiger charge is -2.34. The number of rotatable bonds is 11. The number of carbonyl (C=O) groups is 1. The molecule has 0 aromatic heterocycles. The highest BCUT2D eigenvalue weighted by Gasteiger charge is 2.53. The van der Waals surface area contributed by atoms with Crippen LogP contribution in [0.3, 0.4) is 0 Å². The molecule has 2 aliphatic rings. The van der Waals surface area contributed by atoms with Crippen molar-refractivity contribution in [1.29, 1.82) is 0 Å². The Balaban J connectivity index is 1.54. The second-order valence-corrected chi connectivity index (χ2v) is 10.9. The van der Waals surface area contributed by atoms with E-state index in [0.29, 0.717) is 72.2 Å². The number of aliphatic hydroxyl groups excluding tert-OH is 1. The van der Waals surface area contributed by atoms with Crippen LogP contribution in [0.5, 0.6) is 5.75 Å². The minimum Gasteiger partial charge on any atom is -0.494 e. The number of nitrogens with zero attached hydrogens (tertiary/aromatic N) is 2. The first-order valence-corrected chi connectivity index (χ1v) is 14.6. The number of ether oxygens (including phenoxy) is 3. The van der Waals surface area contributed by atoms with Gasteiger partial charge in [0.15, 0.2) is 11.6 Å². The van der Waals surface area contributed by atoms with Crippen LogP contribution in [-0.2, 0) is 14.3 Å². The smallest absolute Gasteiger partial charge is 0.266 e. The molecule has 0 saturated carbocycles. The number of nitrogens with one attached hydrogen (secondary N) is 1. The highest BCUT2D eigenvalue weighted by molar-refractivity contribution is 6.35. The molecule has 8 nitrogen and oxygen atoms in total. The average molecular weight is 611 g/mol. The minimum atomic E-state index is -1.38. The van der Waals surface area contributed by atoms with Gasteiger partial charge in [0.05, 0.1) is 19.8 Å². The van der Waals surface area contributed by atoms with E-state index >= 15 is 0 Å². The van der Waals surface area contributed by atoms with Gasteiger partial charge >= 0.3 is 0 Å². The second kappa shape index (κ2) is 14.2. The maximum absolute atomic E-state index is 14.3. The fraction of sp³-hybridized carbons (Fsp3) is 0.312. The number of halogens is 2. The lowest BCUT2D eigenvalue weighted by molar-refractivity contribution is -0.136. The molecule has 0 radical (unpaired) electrons. The van der Waals surface area contributed by atoms with E-state index in [2.05, 4.69) is 5.43 Å². The van der Waals surface area contributed by atoms with E-state index in [9.17, 15) is 4.79 Å². The second-order valence-electron chi connectivity index (χ2n) is 10.0. The first-order valence-electron chi connectivity index (χ1n) is 13.9. The molecule has 1 saturated heterocycles. The molecule has 2 aliphatic heterocycles. The molecule has 2 atom stereocenters. The fourth-order valence-corrected chi connectivity index (χ4v) is 5.37. The van der Waals surface area contributed by atoms with Crippen LogP contribution in [0.4, 0.5) is 0 Å². The maximum Gasteiger partial charge on any atom is 0.266 e. The Morgan fingerprint density at radius 1 is 1.10 bits per heavy atom. The van der Waals surface area contributed by atoms with Crippen molar-refractivity contribution in [2.75, 3.05) is 39.5 Å². The molecule has 1 amide bonds. The van der Waals surface area contributed by atoms with Gasteiger partial charge in [-0.15, -0.1) is 0 Å². The number of benzene rings is 3. The van der Waals surface area contributed by atoms with E-state index in [0.717, 1.165) is 5.56 Å². The van der Waals surface area contributed by atoms with E-state index in [1.165, 1.54) is 0 Å². The standard InChI is InChI=1S/C32H33Cl2N3O5/c33-25-11-14-27(28(34)22-25)29-32(15-4-8-23-6-2-1-3-7-23,31(39)36-37-16-20-40-21-17-37)35-30(42-29)24-9-12-26(13-10-24)41-19-5-18-38/h1-4,6-14,22,29,38H,5,15-21H2,(H,36,39)/b8-4+/t29-,32-/m0/s1. The molecule has 0 bridgehead atoms. The molecule has 10 heteroatoms. The lowest BCUT2D eigenvalue weighted by Crippen LogP contribution is -2.56. The fourth-order valence-electron chi connectivity index (χ4n) is 4.86. The quantitative estimate of drug-likeness (QED) is 0.280. The number of amides is 1. The number of hydrogen-bond acceptors (Lipinski definition) is 7. The van der Waals surface area contributed by atoms with Crippen molar-refractivity contribution in [3.8, 4) is 5.75 Å². The highest BCUT2D eigenvalue weighted by atomic mass is 35.5. The van der Waals surface area contributed by atoms with Gasteiger partial charge in [0.1, 0.15) is 5.75 Å². The van der Waals surface area contributed by atoms with Gasteiger partial charge in [0, 0.05) is 53.7 Å². The third-order valence-electron chi connectivity index (χ3n) is 7.08. The van der Waals surface area contributed by atoms with E-state index in [4.69, 9.17) is 47.5 Å². The summed E-state index contributed by atoms with van der Waals surface area (Å²) in [5, 5.41) is 11.7. The Bertz CT molecular complexity index is 1410. The largest absolute Gasteiger partial charge is 0.494 e. The summed E-state index contributed by atoms with van der Waals surface area (Å²) in [5.74, 6) is 0.667.